The number of rotatable bonds is 6. The van der Waals surface area contributed by atoms with E-state index in [-0.39, 0.29) is 10.6 Å². The molecule has 4 aromatic rings. The molecule has 0 aliphatic rings. The predicted octanol–water partition coefficient (Wildman–Crippen LogP) is 7.77. The highest BCUT2D eigenvalue weighted by atomic mass is 79.9. The molecule has 0 saturated carbocycles. The third-order valence-electron chi connectivity index (χ3n) is 5.15. The summed E-state index contributed by atoms with van der Waals surface area (Å²) in [7, 11) is 0. The van der Waals surface area contributed by atoms with Crippen molar-refractivity contribution in [2.75, 3.05) is 0 Å². The molecule has 0 spiro atoms. The van der Waals surface area contributed by atoms with E-state index in [4.69, 9.17) is 16.3 Å². The largest absolute Gasteiger partial charge is 0.488 e. The SMILES string of the molecule is Cc1cc(-c2ccc(Cl)c(C(=O)O)c2)c(-c2cc(Br)ccc2OCc2c(F)cc(F)cc2F)[nH]1. The molecular weight excluding hydrogens is 535 g/mol. The molecule has 0 bridgehead atoms. The summed E-state index contributed by atoms with van der Waals surface area (Å²) in [5.74, 6) is -3.96. The van der Waals surface area contributed by atoms with Crippen molar-refractivity contribution in [2.24, 2.45) is 0 Å². The van der Waals surface area contributed by atoms with Gasteiger partial charge in [-0.05, 0) is 48.9 Å². The van der Waals surface area contributed by atoms with Crippen LogP contribution in [0.15, 0.2) is 59.1 Å². The Balaban J connectivity index is 1.78. The van der Waals surface area contributed by atoms with Crippen LogP contribution in [0.5, 0.6) is 5.75 Å². The van der Waals surface area contributed by atoms with Crippen LogP contribution in [-0.2, 0) is 6.61 Å². The number of carboxylic acid groups (broad SMARTS) is 1. The first-order chi connectivity index (χ1) is 16.1. The number of H-pyrrole nitrogens is 1. The van der Waals surface area contributed by atoms with Gasteiger partial charge in [-0.1, -0.05) is 33.6 Å². The minimum absolute atomic E-state index is 0.0445. The molecule has 0 atom stereocenters. The van der Waals surface area contributed by atoms with E-state index < -0.39 is 35.6 Å². The second kappa shape index (κ2) is 9.56. The van der Waals surface area contributed by atoms with Gasteiger partial charge < -0.3 is 14.8 Å². The molecular formula is C25H16BrClF3NO3. The molecule has 0 unspecified atom stereocenters. The minimum Gasteiger partial charge on any atom is -0.488 e. The molecule has 34 heavy (non-hydrogen) atoms. The first-order valence-corrected chi connectivity index (χ1v) is 11.1. The molecule has 0 fully saturated rings. The summed E-state index contributed by atoms with van der Waals surface area (Å²) in [6, 6.07) is 12.8. The normalized spacial score (nSPS) is 11.0. The molecule has 174 valence electrons. The average molecular weight is 551 g/mol. The minimum atomic E-state index is -1.16. The average Bonchev–Trinajstić information content (AvgIpc) is 3.15. The van der Waals surface area contributed by atoms with Crippen LogP contribution in [0.1, 0.15) is 21.6 Å². The van der Waals surface area contributed by atoms with Gasteiger partial charge >= 0.3 is 5.97 Å². The monoisotopic (exact) mass is 549 g/mol. The molecule has 4 nitrogen and oxygen atoms in total. The number of aromatic carboxylic acids is 1. The Morgan fingerprint density at radius 3 is 2.41 bits per heavy atom. The van der Waals surface area contributed by atoms with Gasteiger partial charge in [0, 0.05) is 33.4 Å². The summed E-state index contributed by atoms with van der Waals surface area (Å²) in [5.41, 5.74) is 2.79. The molecule has 0 saturated heterocycles. The third-order valence-corrected chi connectivity index (χ3v) is 5.97. The van der Waals surface area contributed by atoms with Crippen LogP contribution >= 0.6 is 27.5 Å². The number of carboxylic acids is 1. The lowest BCUT2D eigenvalue weighted by Crippen LogP contribution is -2.04. The predicted molar refractivity (Wildman–Crippen MR) is 127 cm³/mol. The summed E-state index contributed by atoms with van der Waals surface area (Å²) < 4.78 is 47.9. The number of nitrogens with one attached hydrogen (secondary N) is 1. The van der Waals surface area contributed by atoms with Crippen LogP contribution in [0.25, 0.3) is 22.4 Å². The van der Waals surface area contributed by atoms with E-state index in [1.165, 1.54) is 12.1 Å². The van der Waals surface area contributed by atoms with Gasteiger partial charge in [0.1, 0.15) is 29.8 Å². The molecule has 0 aliphatic carbocycles. The molecule has 0 amide bonds. The Labute approximate surface area is 206 Å². The second-order valence-electron chi connectivity index (χ2n) is 7.52. The number of aromatic nitrogens is 1. The van der Waals surface area contributed by atoms with Gasteiger partial charge in [-0.25, -0.2) is 18.0 Å². The standard InChI is InChI=1S/C25H16BrClF3NO3/c1-12-6-16(13-2-4-20(27)17(7-13)25(32)33)24(31-12)18-8-14(26)3-5-23(18)34-11-19-21(29)9-15(28)10-22(19)30/h2-10,31H,11H2,1H3,(H,32,33). The maximum absolute atomic E-state index is 14.1. The second-order valence-corrected chi connectivity index (χ2v) is 8.84. The van der Waals surface area contributed by atoms with E-state index in [0.29, 0.717) is 40.3 Å². The lowest BCUT2D eigenvalue weighted by Gasteiger charge is -2.14. The van der Waals surface area contributed by atoms with Gasteiger partial charge in [-0.15, -0.1) is 0 Å². The highest BCUT2D eigenvalue weighted by molar-refractivity contribution is 9.10. The van der Waals surface area contributed by atoms with Gasteiger partial charge in [-0.2, -0.15) is 0 Å². The van der Waals surface area contributed by atoms with Crippen molar-refractivity contribution in [3.63, 3.8) is 0 Å². The maximum Gasteiger partial charge on any atom is 0.337 e. The molecule has 0 aliphatic heterocycles. The molecule has 3 aromatic carbocycles. The van der Waals surface area contributed by atoms with E-state index in [1.807, 2.05) is 13.0 Å². The summed E-state index contributed by atoms with van der Waals surface area (Å²) in [6.45, 7) is 1.37. The van der Waals surface area contributed by atoms with Gasteiger partial charge in [0.05, 0.1) is 21.8 Å². The Hall–Kier alpha value is -3.23. The Morgan fingerprint density at radius 2 is 1.74 bits per heavy atom. The van der Waals surface area contributed by atoms with E-state index in [1.54, 1.807) is 24.3 Å². The number of aromatic amines is 1. The fourth-order valence-electron chi connectivity index (χ4n) is 3.57. The lowest BCUT2D eigenvalue weighted by molar-refractivity contribution is 0.0697. The van der Waals surface area contributed by atoms with Gasteiger partial charge in [0.25, 0.3) is 0 Å². The maximum atomic E-state index is 14.1. The van der Waals surface area contributed by atoms with Crippen LogP contribution in [0.4, 0.5) is 13.2 Å². The zero-order valence-corrected chi connectivity index (χ0v) is 19.9. The molecule has 0 radical (unpaired) electrons. The third kappa shape index (κ3) is 4.83. The molecule has 4 rings (SSSR count). The van der Waals surface area contributed by atoms with E-state index in [9.17, 15) is 23.1 Å². The van der Waals surface area contributed by atoms with Crippen molar-refractivity contribution in [2.45, 2.75) is 13.5 Å². The zero-order valence-electron chi connectivity index (χ0n) is 17.6. The molecule has 1 heterocycles. The summed E-state index contributed by atoms with van der Waals surface area (Å²) in [6.07, 6.45) is 0. The Kier molecular flexibility index (Phi) is 6.72. The van der Waals surface area contributed by atoms with Gasteiger partial charge in [0.2, 0.25) is 0 Å². The molecule has 2 N–H and O–H groups in total. The Bertz CT molecular complexity index is 1400. The highest BCUT2D eigenvalue weighted by Crippen LogP contribution is 2.40. The van der Waals surface area contributed by atoms with Crippen molar-refractivity contribution in [3.05, 3.63) is 98.4 Å². The first-order valence-electron chi connectivity index (χ1n) is 9.93. The summed E-state index contributed by atoms with van der Waals surface area (Å²) in [5, 5.41) is 9.56. The van der Waals surface area contributed by atoms with Crippen molar-refractivity contribution in [1.29, 1.82) is 0 Å². The van der Waals surface area contributed by atoms with E-state index >= 15 is 0 Å². The van der Waals surface area contributed by atoms with Crippen LogP contribution in [0, 0.1) is 24.4 Å². The number of benzene rings is 3. The summed E-state index contributed by atoms with van der Waals surface area (Å²) in [4.78, 5) is 14.8. The van der Waals surface area contributed by atoms with Crippen LogP contribution in [-0.4, -0.2) is 16.1 Å². The van der Waals surface area contributed by atoms with Crippen LogP contribution < -0.4 is 4.74 Å². The lowest BCUT2D eigenvalue weighted by atomic mass is 9.99. The van der Waals surface area contributed by atoms with E-state index in [0.717, 1.165) is 10.2 Å². The number of halogens is 5. The quantitative estimate of drug-likeness (QED) is 0.258. The van der Waals surface area contributed by atoms with Crippen molar-refractivity contribution in [3.8, 4) is 28.1 Å². The van der Waals surface area contributed by atoms with Gasteiger partial charge in [0.15, 0.2) is 0 Å². The van der Waals surface area contributed by atoms with Crippen molar-refractivity contribution < 1.29 is 27.8 Å². The number of aryl methyl sites for hydroxylation is 1. The fraction of sp³-hybridized carbons (Fsp3) is 0.0800. The number of ether oxygens (including phenoxy) is 1. The van der Waals surface area contributed by atoms with E-state index in [2.05, 4.69) is 20.9 Å². The van der Waals surface area contributed by atoms with Crippen molar-refractivity contribution in [1.82, 2.24) is 4.98 Å². The Morgan fingerprint density at radius 1 is 1.03 bits per heavy atom. The van der Waals surface area contributed by atoms with Crippen molar-refractivity contribution >= 4 is 33.5 Å². The number of hydrogen-bond acceptors (Lipinski definition) is 2. The smallest absolute Gasteiger partial charge is 0.337 e. The van der Waals surface area contributed by atoms with Gasteiger partial charge in [-0.3, -0.25) is 0 Å². The highest BCUT2D eigenvalue weighted by Gasteiger charge is 2.19. The first kappa shape index (κ1) is 23.9. The van der Waals surface area contributed by atoms with Crippen LogP contribution in [0.2, 0.25) is 5.02 Å². The topological polar surface area (TPSA) is 62.3 Å². The molecule has 9 heteroatoms. The zero-order chi connectivity index (χ0) is 24.6. The van der Waals surface area contributed by atoms with Crippen LogP contribution in [0.3, 0.4) is 0 Å². The molecule has 1 aromatic heterocycles. The summed E-state index contributed by atoms with van der Waals surface area (Å²) >= 11 is 9.44. The fourth-order valence-corrected chi connectivity index (χ4v) is 4.13. The number of hydrogen-bond donors (Lipinski definition) is 2. The number of carbonyl (C=O) groups is 1.